The molecule has 1 atom stereocenters. The van der Waals surface area contributed by atoms with Gasteiger partial charge < -0.3 is 9.84 Å². The molecule has 1 N–H and O–H groups in total. The maximum Gasteiger partial charge on any atom is 0.326 e. The van der Waals surface area contributed by atoms with Crippen LogP contribution in [0.3, 0.4) is 0 Å². The van der Waals surface area contributed by atoms with Crippen LogP contribution < -0.4 is 10.2 Å². The van der Waals surface area contributed by atoms with E-state index in [1.54, 1.807) is 4.90 Å². The van der Waals surface area contributed by atoms with Gasteiger partial charge in [-0.1, -0.05) is 72.7 Å². The van der Waals surface area contributed by atoms with Gasteiger partial charge in [-0.3, -0.25) is 4.90 Å². The van der Waals surface area contributed by atoms with Gasteiger partial charge in [-0.25, -0.2) is 4.79 Å². The minimum atomic E-state index is -0.404. The van der Waals surface area contributed by atoms with Gasteiger partial charge in [0, 0.05) is 11.3 Å². The van der Waals surface area contributed by atoms with E-state index < -0.39 is 6.04 Å². The zero-order valence-corrected chi connectivity index (χ0v) is 20.5. The highest BCUT2D eigenvalue weighted by molar-refractivity contribution is 6.01. The predicted molar refractivity (Wildman–Crippen MR) is 140 cm³/mol. The molecule has 2 aliphatic rings. The number of rotatable bonds is 5. The quantitative estimate of drug-likeness (QED) is 0.357. The highest BCUT2D eigenvalue weighted by atomic mass is 16.5. The fourth-order valence-electron chi connectivity index (χ4n) is 5.26. The summed E-state index contributed by atoms with van der Waals surface area (Å²) in [5.41, 5.74) is 8.22. The van der Waals surface area contributed by atoms with Crippen LogP contribution in [0.2, 0.25) is 0 Å². The van der Waals surface area contributed by atoms with Crippen molar-refractivity contribution in [3.05, 3.63) is 107 Å². The van der Waals surface area contributed by atoms with Gasteiger partial charge in [0.05, 0.1) is 17.3 Å². The van der Waals surface area contributed by atoms with Crippen LogP contribution in [0.15, 0.2) is 83.0 Å². The molecule has 0 saturated carbocycles. The average Bonchev–Trinajstić information content (AvgIpc) is 3.59. The van der Waals surface area contributed by atoms with E-state index in [2.05, 4.69) is 53.8 Å². The van der Waals surface area contributed by atoms with E-state index >= 15 is 0 Å². The summed E-state index contributed by atoms with van der Waals surface area (Å²) in [6, 6.07) is 23.8. The third-order valence-corrected chi connectivity index (χ3v) is 7.23. The standard InChI is InChI=1S/C30H28N4O2/c1-3-20-12-14-22(15-13-20)27-26(29-32-28(33-36-29)23-8-5-4-6-9-23)19(2)34(30(35)31-27)25-17-16-21-10-7-11-24(21)18-25/h4-6,8-9,12-18,27H,3,7,10-11H2,1-2H3,(H,31,35). The van der Waals surface area contributed by atoms with Crippen molar-refractivity contribution >= 4 is 17.3 Å². The number of nitrogens with one attached hydrogen (secondary N) is 1. The van der Waals surface area contributed by atoms with Gasteiger partial charge in [0.1, 0.15) is 0 Å². The summed E-state index contributed by atoms with van der Waals surface area (Å²) >= 11 is 0. The molecule has 0 bridgehead atoms. The van der Waals surface area contributed by atoms with Crippen LogP contribution in [-0.2, 0) is 19.3 Å². The van der Waals surface area contributed by atoms with Crippen LogP contribution >= 0.6 is 0 Å². The Morgan fingerprint density at radius 1 is 1.00 bits per heavy atom. The zero-order chi connectivity index (χ0) is 24.6. The summed E-state index contributed by atoms with van der Waals surface area (Å²) in [6.45, 7) is 4.09. The second-order valence-corrected chi connectivity index (χ2v) is 9.41. The van der Waals surface area contributed by atoms with Gasteiger partial charge >= 0.3 is 6.03 Å². The molecule has 0 spiro atoms. The lowest BCUT2D eigenvalue weighted by molar-refractivity contribution is 0.244. The number of carbonyl (C=O) groups is 1. The first-order valence-electron chi connectivity index (χ1n) is 12.5. The van der Waals surface area contributed by atoms with Gasteiger partial charge in [0.25, 0.3) is 5.89 Å². The molecule has 180 valence electrons. The molecule has 1 aliphatic carbocycles. The molecule has 6 rings (SSSR count). The SMILES string of the molecule is CCc1ccc(C2NC(=O)N(c3ccc4c(c3)CCC4)C(C)=C2c2nc(-c3ccccc3)no2)cc1. The molecule has 2 amide bonds. The molecule has 1 aromatic heterocycles. The van der Waals surface area contributed by atoms with Crippen LogP contribution in [0.25, 0.3) is 17.0 Å². The molecular formula is C30H28N4O2. The third kappa shape index (κ3) is 3.88. The first kappa shape index (κ1) is 22.3. The molecule has 3 aromatic carbocycles. The predicted octanol–water partition coefficient (Wildman–Crippen LogP) is 6.49. The number of amides is 2. The molecule has 1 aliphatic heterocycles. The van der Waals surface area contributed by atoms with Crippen LogP contribution in [-0.4, -0.2) is 16.2 Å². The minimum Gasteiger partial charge on any atom is -0.334 e. The van der Waals surface area contributed by atoms with Crippen LogP contribution in [0.5, 0.6) is 0 Å². The second kappa shape index (κ2) is 9.11. The Hall–Kier alpha value is -4.19. The van der Waals surface area contributed by atoms with Gasteiger partial charge in [0.15, 0.2) is 0 Å². The van der Waals surface area contributed by atoms with E-state index in [0.29, 0.717) is 11.7 Å². The van der Waals surface area contributed by atoms with Gasteiger partial charge in [-0.15, -0.1) is 0 Å². The van der Waals surface area contributed by atoms with Crippen LogP contribution in [0.4, 0.5) is 10.5 Å². The first-order chi connectivity index (χ1) is 17.6. The topological polar surface area (TPSA) is 71.3 Å². The van der Waals surface area contributed by atoms with E-state index in [9.17, 15) is 4.79 Å². The number of anilines is 1. The Morgan fingerprint density at radius 2 is 1.78 bits per heavy atom. The fourth-order valence-corrected chi connectivity index (χ4v) is 5.26. The van der Waals surface area contributed by atoms with Crippen LogP contribution in [0.1, 0.15) is 54.5 Å². The number of benzene rings is 3. The summed E-state index contributed by atoms with van der Waals surface area (Å²) in [7, 11) is 0. The van der Waals surface area contributed by atoms with E-state index in [4.69, 9.17) is 9.51 Å². The van der Waals surface area contributed by atoms with Crippen molar-refractivity contribution in [2.45, 2.75) is 45.6 Å². The van der Waals surface area contributed by atoms with Crippen molar-refractivity contribution in [1.82, 2.24) is 15.5 Å². The van der Waals surface area contributed by atoms with Crippen molar-refractivity contribution in [3.63, 3.8) is 0 Å². The van der Waals surface area contributed by atoms with Crippen molar-refractivity contribution < 1.29 is 9.32 Å². The summed E-state index contributed by atoms with van der Waals surface area (Å²) in [5, 5.41) is 7.48. The normalized spacial score (nSPS) is 17.3. The van der Waals surface area contributed by atoms with E-state index in [-0.39, 0.29) is 6.03 Å². The minimum absolute atomic E-state index is 0.165. The Morgan fingerprint density at radius 3 is 2.56 bits per heavy atom. The Bertz CT molecular complexity index is 1450. The summed E-state index contributed by atoms with van der Waals surface area (Å²) in [5.74, 6) is 0.925. The van der Waals surface area contributed by atoms with E-state index in [1.807, 2.05) is 43.3 Å². The average molecular weight is 477 g/mol. The van der Waals surface area contributed by atoms with Gasteiger partial charge in [-0.2, -0.15) is 4.98 Å². The third-order valence-electron chi connectivity index (χ3n) is 7.23. The lowest BCUT2D eigenvalue weighted by atomic mass is 9.93. The molecule has 36 heavy (non-hydrogen) atoms. The lowest BCUT2D eigenvalue weighted by Gasteiger charge is -2.35. The molecule has 2 heterocycles. The number of allylic oxidation sites excluding steroid dienone is 1. The van der Waals surface area contributed by atoms with E-state index in [0.717, 1.165) is 53.8 Å². The summed E-state index contributed by atoms with van der Waals surface area (Å²) in [6.07, 6.45) is 4.26. The van der Waals surface area contributed by atoms with Crippen molar-refractivity contribution in [3.8, 4) is 11.4 Å². The molecule has 1 unspecified atom stereocenters. The smallest absolute Gasteiger partial charge is 0.326 e. The Balaban J connectivity index is 1.48. The van der Waals surface area contributed by atoms with Crippen LogP contribution in [0, 0.1) is 0 Å². The zero-order valence-electron chi connectivity index (χ0n) is 20.5. The fraction of sp³-hybridized carbons (Fsp3) is 0.233. The molecule has 0 radical (unpaired) electrons. The number of aromatic nitrogens is 2. The highest BCUT2D eigenvalue weighted by Crippen LogP contribution is 2.40. The first-order valence-corrected chi connectivity index (χ1v) is 12.5. The number of aryl methyl sites for hydroxylation is 3. The highest BCUT2D eigenvalue weighted by Gasteiger charge is 2.36. The maximum atomic E-state index is 13.5. The molecular weight excluding hydrogens is 448 g/mol. The molecule has 6 nitrogen and oxygen atoms in total. The number of fused-ring (bicyclic) bond motifs is 1. The van der Waals surface area contributed by atoms with Crippen molar-refractivity contribution in [2.24, 2.45) is 0 Å². The second-order valence-electron chi connectivity index (χ2n) is 9.41. The largest absolute Gasteiger partial charge is 0.334 e. The summed E-state index contributed by atoms with van der Waals surface area (Å²) in [4.78, 5) is 20.0. The number of hydrogen-bond donors (Lipinski definition) is 1. The Labute approximate surface area is 210 Å². The van der Waals surface area contributed by atoms with E-state index in [1.165, 1.54) is 16.7 Å². The molecule has 0 saturated heterocycles. The Kier molecular flexibility index (Phi) is 5.64. The van der Waals surface area contributed by atoms with Gasteiger partial charge in [-0.05, 0) is 67.0 Å². The molecule has 0 fully saturated rings. The van der Waals surface area contributed by atoms with Crippen molar-refractivity contribution in [2.75, 3.05) is 4.90 Å². The number of urea groups is 1. The van der Waals surface area contributed by atoms with Gasteiger partial charge in [0.2, 0.25) is 5.82 Å². The maximum absolute atomic E-state index is 13.5. The molecule has 6 heteroatoms. The number of hydrogen-bond acceptors (Lipinski definition) is 4. The number of nitrogens with zero attached hydrogens (tertiary/aromatic N) is 3. The molecule has 4 aromatic rings. The lowest BCUT2D eigenvalue weighted by Crippen LogP contribution is -2.46. The van der Waals surface area contributed by atoms with Crippen molar-refractivity contribution in [1.29, 1.82) is 0 Å². The number of carbonyl (C=O) groups excluding carboxylic acids is 1. The summed E-state index contributed by atoms with van der Waals surface area (Å²) < 4.78 is 5.82. The monoisotopic (exact) mass is 476 g/mol.